The predicted molar refractivity (Wildman–Crippen MR) is 165 cm³/mol. The van der Waals surface area contributed by atoms with E-state index in [2.05, 4.69) is 32.3 Å². The molecule has 3 aliphatic rings. The van der Waals surface area contributed by atoms with Crippen molar-refractivity contribution in [3.63, 3.8) is 0 Å². The summed E-state index contributed by atoms with van der Waals surface area (Å²) >= 11 is 0. The quantitative estimate of drug-likeness (QED) is 0.263. The van der Waals surface area contributed by atoms with Crippen LogP contribution in [0, 0.1) is 23.6 Å². The first kappa shape index (κ1) is 28.4. The molecule has 0 radical (unpaired) electrons. The lowest BCUT2D eigenvalue weighted by atomic mass is 10.1. The Balaban J connectivity index is 0.975. The van der Waals surface area contributed by atoms with Gasteiger partial charge in [0.25, 0.3) is 0 Å². The number of fused-ring (bicyclic) bond motifs is 1. The van der Waals surface area contributed by atoms with Gasteiger partial charge in [-0.1, -0.05) is 24.0 Å². The van der Waals surface area contributed by atoms with Crippen molar-refractivity contribution < 1.29 is 23.8 Å². The molecule has 1 atom stereocenters. The monoisotopic (exact) mass is 594 g/mol. The number of hydrogen-bond acceptors (Lipinski definition) is 6. The fraction of sp³-hybridized carbons (Fsp3) is 0.371. The number of aromatic nitrogens is 2. The van der Waals surface area contributed by atoms with Crippen molar-refractivity contribution >= 4 is 22.7 Å². The second-order valence-electron chi connectivity index (χ2n) is 11.8. The zero-order chi connectivity index (χ0) is 30.0. The summed E-state index contributed by atoms with van der Waals surface area (Å²) in [5, 5.41) is 9.52. The van der Waals surface area contributed by atoms with Crippen molar-refractivity contribution in [3.8, 4) is 17.6 Å². The molecule has 3 heterocycles. The SMILES string of the molecule is O=C(O)c1ccc2nc(CN3CCN(c4cccc(OCc5ccc(C#CC6CC6)cc5F)c4)CC3)n(CC3CCO3)c2c1. The largest absolute Gasteiger partial charge is 0.489 e. The van der Waals surface area contributed by atoms with E-state index in [-0.39, 0.29) is 24.1 Å². The van der Waals surface area contributed by atoms with Crippen molar-refractivity contribution in [2.24, 2.45) is 5.92 Å². The van der Waals surface area contributed by atoms with Gasteiger partial charge in [0.1, 0.15) is 24.0 Å². The summed E-state index contributed by atoms with van der Waals surface area (Å²) in [5.74, 6) is 7.11. The van der Waals surface area contributed by atoms with E-state index in [1.807, 2.05) is 24.3 Å². The van der Waals surface area contributed by atoms with E-state index in [4.69, 9.17) is 14.5 Å². The van der Waals surface area contributed by atoms with Gasteiger partial charge in [0.15, 0.2) is 0 Å². The van der Waals surface area contributed by atoms with Crippen LogP contribution >= 0.6 is 0 Å². The third-order valence-corrected chi connectivity index (χ3v) is 8.62. The van der Waals surface area contributed by atoms with E-state index in [1.165, 1.54) is 6.07 Å². The summed E-state index contributed by atoms with van der Waals surface area (Å²) < 4.78 is 28.5. The van der Waals surface area contributed by atoms with Gasteiger partial charge in [-0.25, -0.2) is 14.2 Å². The Morgan fingerprint density at radius 3 is 2.61 bits per heavy atom. The number of hydrogen-bond donors (Lipinski definition) is 1. The molecule has 1 aromatic heterocycles. The maximum absolute atomic E-state index is 14.7. The molecule has 3 fully saturated rings. The van der Waals surface area contributed by atoms with Crippen molar-refractivity contribution in [2.75, 3.05) is 37.7 Å². The van der Waals surface area contributed by atoms with Crippen molar-refractivity contribution in [1.29, 1.82) is 0 Å². The standard InChI is InChI=1S/C35H35FN4O4/c36-31-18-25(7-6-24-4-5-24)8-9-27(31)23-44-29-3-1-2-28(20-29)39-15-13-38(14-16-39)22-34-37-32-11-10-26(35(41)42)19-33(32)40(34)21-30-12-17-43-30/h1-3,8-11,18-20,24,30H,4-5,12-17,21-23H2,(H,41,42). The number of nitrogens with zero attached hydrogens (tertiary/aromatic N) is 4. The highest BCUT2D eigenvalue weighted by atomic mass is 19.1. The number of carbonyl (C=O) groups is 1. The second kappa shape index (κ2) is 12.3. The number of imidazole rings is 1. The van der Waals surface area contributed by atoms with Crippen LogP contribution in [0.4, 0.5) is 10.1 Å². The van der Waals surface area contributed by atoms with Gasteiger partial charge in [-0.05, 0) is 61.7 Å². The maximum atomic E-state index is 14.7. The number of anilines is 1. The molecule has 4 aromatic rings. The second-order valence-corrected chi connectivity index (χ2v) is 11.8. The summed E-state index contributed by atoms with van der Waals surface area (Å²) in [6, 6.07) is 18.2. The van der Waals surface area contributed by atoms with Gasteiger partial charge in [0, 0.05) is 61.6 Å². The normalized spacial score (nSPS) is 18.5. The number of aromatic carboxylic acids is 1. The molecule has 0 spiro atoms. The first-order valence-electron chi connectivity index (χ1n) is 15.3. The Labute approximate surface area is 256 Å². The highest BCUT2D eigenvalue weighted by Crippen LogP contribution is 2.28. The average Bonchev–Trinajstić information content (AvgIpc) is 3.78. The minimum atomic E-state index is -0.942. The molecule has 0 bridgehead atoms. The molecule has 9 heteroatoms. The van der Waals surface area contributed by atoms with Gasteiger partial charge in [-0.15, -0.1) is 0 Å². The van der Waals surface area contributed by atoms with Gasteiger partial charge in [-0.2, -0.15) is 0 Å². The molecule has 1 unspecified atom stereocenters. The van der Waals surface area contributed by atoms with E-state index < -0.39 is 5.97 Å². The highest BCUT2D eigenvalue weighted by Gasteiger charge is 2.25. The molecule has 44 heavy (non-hydrogen) atoms. The molecule has 3 aromatic carbocycles. The topological polar surface area (TPSA) is 80.1 Å². The van der Waals surface area contributed by atoms with Crippen LogP contribution in [0.25, 0.3) is 11.0 Å². The van der Waals surface area contributed by atoms with E-state index in [0.29, 0.717) is 35.9 Å². The lowest BCUT2D eigenvalue weighted by Gasteiger charge is -2.36. The van der Waals surface area contributed by atoms with Crippen LogP contribution < -0.4 is 9.64 Å². The minimum Gasteiger partial charge on any atom is -0.489 e. The maximum Gasteiger partial charge on any atom is 0.335 e. The zero-order valence-electron chi connectivity index (χ0n) is 24.5. The Morgan fingerprint density at radius 1 is 1.05 bits per heavy atom. The number of rotatable bonds is 9. The Morgan fingerprint density at radius 2 is 1.89 bits per heavy atom. The van der Waals surface area contributed by atoms with E-state index in [9.17, 15) is 14.3 Å². The van der Waals surface area contributed by atoms with Crippen LogP contribution in [-0.2, 0) is 24.4 Å². The van der Waals surface area contributed by atoms with Crippen LogP contribution in [0.5, 0.6) is 5.75 Å². The third-order valence-electron chi connectivity index (χ3n) is 8.62. The van der Waals surface area contributed by atoms with Gasteiger partial charge < -0.3 is 24.0 Å². The number of piperazine rings is 1. The Bertz CT molecular complexity index is 1740. The molecule has 7 rings (SSSR count). The predicted octanol–water partition coefficient (Wildman–Crippen LogP) is 5.33. The number of carboxylic acid groups (broad SMARTS) is 1. The smallest absolute Gasteiger partial charge is 0.335 e. The van der Waals surface area contributed by atoms with Crippen LogP contribution in [0.3, 0.4) is 0 Å². The lowest BCUT2D eigenvalue weighted by molar-refractivity contribution is -0.0592. The summed E-state index contributed by atoms with van der Waals surface area (Å²) in [4.78, 5) is 21.2. The minimum absolute atomic E-state index is 0.132. The lowest BCUT2D eigenvalue weighted by Crippen LogP contribution is -2.46. The number of ether oxygens (including phenoxy) is 2. The molecule has 1 aliphatic carbocycles. The third kappa shape index (κ3) is 6.42. The first-order valence-corrected chi connectivity index (χ1v) is 15.3. The fourth-order valence-electron chi connectivity index (χ4n) is 5.71. The molecule has 226 valence electrons. The van der Waals surface area contributed by atoms with Gasteiger partial charge in [0.05, 0.1) is 35.8 Å². The molecule has 8 nitrogen and oxygen atoms in total. The van der Waals surface area contributed by atoms with Gasteiger partial charge >= 0.3 is 5.97 Å². The van der Waals surface area contributed by atoms with Gasteiger partial charge in [-0.3, -0.25) is 4.90 Å². The number of benzene rings is 3. The Kier molecular flexibility index (Phi) is 7.94. The van der Waals surface area contributed by atoms with E-state index in [1.54, 1.807) is 24.3 Å². The molecular weight excluding hydrogens is 559 g/mol. The molecular formula is C35H35FN4O4. The first-order chi connectivity index (χ1) is 21.5. The van der Waals surface area contributed by atoms with Crippen molar-refractivity contribution in [1.82, 2.24) is 14.5 Å². The van der Waals surface area contributed by atoms with Crippen LogP contribution in [-0.4, -0.2) is 64.4 Å². The zero-order valence-corrected chi connectivity index (χ0v) is 24.5. The van der Waals surface area contributed by atoms with Crippen LogP contribution in [0.15, 0.2) is 60.7 Å². The Hall–Kier alpha value is -4.39. The van der Waals surface area contributed by atoms with E-state index in [0.717, 1.165) is 74.6 Å². The van der Waals surface area contributed by atoms with E-state index >= 15 is 0 Å². The molecule has 1 saturated carbocycles. The number of halogens is 1. The summed E-state index contributed by atoms with van der Waals surface area (Å²) in [6.07, 6.45) is 3.42. The molecule has 1 N–H and O–H groups in total. The van der Waals surface area contributed by atoms with Gasteiger partial charge in [0.2, 0.25) is 0 Å². The van der Waals surface area contributed by atoms with Crippen LogP contribution in [0.1, 0.15) is 46.6 Å². The molecule has 2 saturated heterocycles. The summed E-state index contributed by atoms with van der Waals surface area (Å²) in [6.45, 7) is 5.67. The average molecular weight is 595 g/mol. The fourth-order valence-corrected chi connectivity index (χ4v) is 5.71. The highest BCUT2D eigenvalue weighted by molar-refractivity contribution is 5.92. The molecule has 2 aliphatic heterocycles. The molecule has 0 amide bonds. The number of carboxylic acids is 1. The van der Waals surface area contributed by atoms with Crippen molar-refractivity contribution in [3.05, 3.63) is 89.0 Å². The summed E-state index contributed by atoms with van der Waals surface area (Å²) in [5.41, 5.74) is 4.19. The summed E-state index contributed by atoms with van der Waals surface area (Å²) in [7, 11) is 0. The van der Waals surface area contributed by atoms with Crippen molar-refractivity contribution in [2.45, 2.75) is 45.1 Å². The van der Waals surface area contributed by atoms with Crippen LogP contribution in [0.2, 0.25) is 0 Å².